The van der Waals surface area contributed by atoms with E-state index in [-0.39, 0.29) is 16.8 Å². The van der Waals surface area contributed by atoms with Gasteiger partial charge in [-0.3, -0.25) is 4.79 Å². The quantitative estimate of drug-likeness (QED) is 0.506. The van der Waals surface area contributed by atoms with E-state index in [1.807, 2.05) is 6.07 Å². The number of alkyl halides is 1. The van der Waals surface area contributed by atoms with E-state index in [0.29, 0.717) is 23.0 Å². The third kappa shape index (κ3) is 5.29. The predicted molar refractivity (Wildman–Crippen MR) is 106 cm³/mol. The van der Waals surface area contributed by atoms with Crippen LogP contribution in [0.25, 0.3) is 0 Å². The van der Waals surface area contributed by atoms with E-state index < -0.39 is 5.82 Å². The molecule has 138 valence electrons. The molecule has 0 aliphatic carbocycles. The van der Waals surface area contributed by atoms with Crippen LogP contribution < -0.4 is 16.0 Å². The maximum atomic E-state index is 13.2. The van der Waals surface area contributed by atoms with Gasteiger partial charge in [0.1, 0.15) is 29.7 Å². The number of halogens is 3. The van der Waals surface area contributed by atoms with Crippen LogP contribution >= 0.6 is 23.2 Å². The Bertz CT molecular complexity index is 970. The molecule has 3 rings (SSSR count). The Hall–Kier alpha value is -2.90. The first kappa shape index (κ1) is 18.9. The molecule has 0 saturated carbocycles. The SMILES string of the molecule is O=C(CCl)Nc1cccc(Nc2cc(Nc3ccc(F)c(Cl)c3)ncn2)c1. The number of rotatable bonds is 6. The van der Waals surface area contributed by atoms with Crippen LogP contribution in [-0.4, -0.2) is 21.8 Å². The minimum atomic E-state index is -0.492. The van der Waals surface area contributed by atoms with Gasteiger partial charge in [-0.1, -0.05) is 17.7 Å². The van der Waals surface area contributed by atoms with Crippen molar-refractivity contribution >= 4 is 57.8 Å². The van der Waals surface area contributed by atoms with E-state index in [4.69, 9.17) is 23.2 Å². The molecule has 0 unspecified atom stereocenters. The lowest BCUT2D eigenvalue weighted by atomic mass is 10.2. The van der Waals surface area contributed by atoms with Gasteiger partial charge in [-0.05, 0) is 36.4 Å². The van der Waals surface area contributed by atoms with Crippen molar-refractivity contribution in [3.8, 4) is 0 Å². The minimum absolute atomic E-state index is 0.0169. The topological polar surface area (TPSA) is 78.9 Å². The van der Waals surface area contributed by atoms with Crippen molar-refractivity contribution in [2.75, 3.05) is 21.8 Å². The number of nitrogens with one attached hydrogen (secondary N) is 3. The zero-order valence-corrected chi connectivity index (χ0v) is 15.4. The molecule has 1 heterocycles. The second-order valence-corrected chi connectivity index (χ2v) is 6.10. The van der Waals surface area contributed by atoms with Crippen LogP contribution in [0.2, 0.25) is 5.02 Å². The van der Waals surface area contributed by atoms with E-state index in [0.717, 1.165) is 5.69 Å². The van der Waals surface area contributed by atoms with Crippen LogP contribution in [0.15, 0.2) is 54.9 Å². The summed E-state index contributed by atoms with van der Waals surface area (Å²) in [6, 6.07) is 13.1. The highest BCUT2D eigenvalue weighted by Crippen LogP contribution is 2.24. The molecule has 6 nitrogen and oxygen atoms in total. The number of hydrogen-bond donors (Lipinski definition) is 3. The molecule has 0 aliphatic rings. The molecule has 0 spiro atoms. The summed E-state index contributed by atoms with van der Waals surface area (Å²) in [4.78, 5) is 19.7. The monoisotopic (exact) mass is 405 g/mol. The fourth-order valence-corrected chi connectivity index (χ4v) is 2.48. The van der Waals surface area contributed by atoms with Gasteiger partial charge < -0.3 is 16.0 Å². The number of hydrogen-bond acceptors (Lipinski definition) is 5. The van der Waals surface area contributed by atoms with Gasteiger partial charge in [0.25, 0.3) is 0 Å². The van der Waals surface area contributed by atoms with Crippen molar-refractivity contribution in [3.05, 3.63) is 65.7 Å². The molecule has 0 atom stereocenters. The van der Waals surface area contributed by atoms with Gasteiger partial charge in [-0.25, -0.2) is 14.4 Å². The van der Waals surface area contributed by atoms with Crippen LogP contribution in [0.4, 0.5) is 33.1 Å². The zero-order chi connectivity index (χ0) is 19.2. The summed E-state index contributed by atoms with van der Waals surface area (Å²) in [5.41, 5.74) is 1.92. The summed E-state index contributed by atoms with van der Waals surface area (Å²) in [6.45, 7) is 0. The van der Waals surface area contributed by atoms with Crippen LogP contribution in [-0.2, 0) is 4.79 Å². The Morgan fingerprint density at radius 1 is 0.963 bits per heavy atom. The Morgan fingerprint density at radius 2 is 1.63 bits per heavy atom. The maximum Gasteiger partial charge on any atom is 0.239 e. The van der Waals surface area contributed by atoms with Crippen molar-refractivity contribution < 1.29 is 9.18 Å². The minimum Gasteiger partial charge on any atom is -0.340 e. The van der Waals surface area contributed by atoms with E-state index in [2.05, 4.69) is 25.9 Å². The Balaban J connectivity index is 1.73. The Labute approximate surface area is 164 Å². The highest BCUT2D eigenvalue weighted by molar-refractivity contribution is 6.31. The second kappa shape index (κ2) is 8.66. The number of carbonyl (C=O) groups is 1. The molecule has 0 saturated heterocycles. The predicted octanol–water partition coefficient (Wildman–Crippen LogP) is 4.93. The first-order valence-corrected chi connectivity index (χ1v) is 8.72. The van der Waals surface area contributed by atoms with Gasteiger partial charge in [-0.15, -0.1) is 11.6 Å². The summed E-state index contributed by atoms with van der Waals surface area (Å²) in [5, 5.41) is 8.84. The second-order valence-electron chi connectivity index (χ2n) is 5.43. The van der Waals surface area contributed by atoms with Gasteiger partial charge >= 0.3 is 0 Å². The summed E-state index contributed by atoms with van der Waals surface area (Å²) < 4.78 is 13.2. The van der Waals surface area contributed by atoms with Gasteiger partial charge in [0.15, 0.2) is 0 Å². The molecule has 3 N–H and O–H groups in total. The Morgan fingerprint density at radius 3 is 2.30 bits per heavy atom. The molecule has 1 amide bonds. The normalized spacial score (nSPS) is 10.3. The smallest absolute Gasteiger partial charge is 0.239 e. The molecule has 27 heavy (non-hydrogen) atoms. The van der Waals surface area contributed by atoms with Gasteiger partial charge in [0.2, 0.25) is 5.91 Å². The number of benzene rings is 2. The highest BCUT2D eigenvalue weighted by atomic mass is 35.5. The number of aromatic nitrogens is 2. The average molecular weight is 406 g/mol. The van der Waals surface area contributed by atoms with E-state index in [9.17, 15) is 9.18 Å². The van der Waals surface area contributed by atoms with Crippen molar-refractivity contribution in [1.82, 2.24) is 9.97 Å². The molecule has 1 aromatic heterocycles. The average Bonchev–Trinajstić information content (AvgIpc) is 2.65. The summed E-state index contributed by atoms with van der Waals surface area (Å²) in [6.07, 6.45) is 1.38. The highest BCUT2D eigenvalue weighted by Gasteiger charge is 2.05. The summed E-state index contributed by atoms with van der Waals surface area (Å²) in [5.74, 6) is 0.128. The van der Waals surface area contributed by atoms with Crippen LogP contribution in [0.3, 0.4) is 0 Å². The standard InChI is InChI=1S/C18H14Cl2FN5O/c19-9-18(27)26-12-3-1-2-11(6-12)24-16-8-17(23-10-22-16)25-13-4-5-15(21)14(20)7-13/h1-8,10H,9H2,(H,26,27)(H2,22,23,24,25). The molecule has 0 aliphatic heterocycles. The van der Waals surface area contributed by atoms with Crippen LogP contribution in [0.5, 0.6) is 0 Å². The van der Waals surface area contributed by atoms with Crippen LogP contribution in [0, 0.1) is 5.82 Å². The fraction of sp³-hybridized carbons (Fsp3) is 0.0556. The van der Waals surface area contributed by atoms with Crippen LogP contribution in [0.1, 0.15) is 0 Å². The number of carbonyl (C=O) groups excluding carboxylic acids is 1. The zero-order valence-electron chi connectivity index (χ0n) is 13.8. The molecular weight excluding hydrogens is 392 g/mol. The molecule has 2 aromatic carbocycles. The first-order chi connectivity index (χ1) is 13.0. The molecule has 0 radical (unpaired) electrons. The van der Waals surface area contributed by atoms with Gasteiger partial charge in [0, 0.05) is 23.1 Å². The van der Waals surface area contributed by atoms with Crippen molar-refractivity contribution in [2.24, 2.45) is 0 Å². The molecular formula is C18H14Cl2FN5O. The van der Waals surface area contributed by atoms with Crippen molar-refractivity contribution in [3.63, 3.8) is 0 Å². The third-order valence-corrected chi connectivity index (χ3v) is 3.93. The number of anilines is 5. The van der Waals surface area contributed by atoms with Gasteiger partial charge in [0.05, 0.1) is 5.02 Å². The Kier molecular flexibility index (Phi) is 6.05. The largest absolute Gasteiger partial charge is 0.340 e. The molecule has 0 fully saturated rings. The lowest BCUT2D eigenvalue weighted by molar-refractivity contribution is -0.113. The summed E-state index contributed by atoms with van der Waals surface area (Å²) >= 11 is 11.3. The van der Waals surface area contributed by atoms with E-state index >= 15 is 0 Å². The number of amides is 1. The van der Waals surface area contributed by atoms with Crippen molar-refractivity contribution in [1.29, 1.82) is 0 Å². The maximum absolute atomic E-state index is 13.2. The third-order valence-electron chi connectivity index (χ3n) is 3.40. The lowest BCUT2D eigenvalue weighted by Gasteiger charge is -2.10. The fourth-order valence-electron chi connectivity index (χ4n) is 2.23. The first-order valence-electron chi connectivity index (χ1n) is 7.80. The van der Waals surface area contributed by atoms with Gasteiger partial charge in [-0.2, -0.15) is 0 Å². The van der Waals surface area contributed by atoms with E-state index in [1.165, 1.54) is 18.5 Å². The molecule has 0 bridgehead atoms. The van der Waals surface area contributed by atoms with Crippen molar-refractivity contribution in [2.45, 2.75) is 0 Å². The number of nitrogens with zero attached hydrogens (tertiary/aromatic N) is 2. The lowest BCUT2D eigenvalue weighted by Crippen LogP contribution is -2.12. The summed E-state index contributed by atoms with van der Waals surface area (Å²) in [7, 11) is 0. The van der Waals surface area contributed by atoms with E-state index in [1.54, 1.807) is 30.3 Å². The molecule has 3 aromatic rings. The molecule has 9 heteroatoms.